The zero-order valence-electron chi connectivity index (χ0n) is 14.0. The lowest BCUT2D eigenvalue weighted by molar-refractivity contribution is -0.131. The summed E-state index contributed by atoms with van der Waals surface area (Å²) in [7, 11) is 0. The van der Waals surface area contributed by atoms with Crippen LogP contribution in [0.1, 0.15) is 19.8 Å². The molecule has 1 atom stereocenters. The van der Waals surface area contributed by atoms with E-state index in [1.54, 1.807) is 0 Å². The number of morpholine rings is 1. The second-order valence-electron chi connectivity index (χ2n) is 5.46. The highest BCUT2D eigenvalue weighted by molar-refractivity contribution is 5.87. The van der Waals surface area contributed by atoms with Crippen LogP contribution in [-0.4, -0.2) is 80.9 Å². The van der Waals surface area contributed by atoms with E-state index in [9.17, 15) is 19.2 Å². The van der Waals surface area contributed by atoms with Crippen LogP contribution in [0.4, 0.5) is 0 Å². The number of nitrogens with one attached hydrogen (secondary N) is 3. The molecule has 1 aliphatic rings. The minimum absolute atomic E-state index is 0.140. The van der Waals surface area contributed by atoms with Crippen LogP contribution in [0.15, 0.2) is 0 Å². The molecule has 24 heavy (non-hydrogen) atoms. The zero-order chi connectivity index (χ0) is 17.8. The van der Waals surface area contributed by atoms with Crippen molar-refractivity contribution in [2.24, 2.45) is 0 Å². The van der Waals surface area contributed by atoms with Crippen LogP contribution in [0.25, 0.3) is 0 Å². The number of carbonyl (C=O) groups excluding carboxylic acids is 4. The maximum atomic E-state index is 12.4. The van der Waals surface area contributed by atoms with Crippen LogP contribution >= 0.6 is 0 Å². The molecule has 0 radical (unpaired) electrons. The minimum Gasteiger partial charge on any atom is -0.379 e. The molecule has 0 aromatic heterocycles. The van der Waals surface area contributed by atoms with E-state index < -0.39 is 6.04 Å². The number of carbonyl (C=O) groups is 4. The summed E-state index contributed by atoms with van der Waals surface area (Å²) in [6.07, 6.45) is 1.42. The predicted molar refractivity (Wildman–Crippen MR) is 86.2 cm³/mol. The highest BCUT2D eigenvalue weighted by Crippen LogP contribution is 2.08. The van der Waals surface area contributed by atoms with Crippen LogP contribution in [0.2, 0.25) is 0 Å². The highest BCUT2D eigenvalue weighted by Gasteiger charge is 2.27. The number of hydrogen-bond donors (Lipinski definition) is 3. The first-order valence-electron chi connectivity index (χ1n) is 8.09. The van der Waals surface area contributed by atoms with Gasteiger partial charge in [-0.25, -0.2) is 0 Å². The van der Waals surface area contributed by atoms with Crippen molar-refractivity contribution in [1.29, 1.82) is 0 Å². The zero-order valence-corrected chi connectivity index (χ0v) is 14.0. The Morgan fingerprint density at radius 1 is 1.12 bits per heavy atom. The first kappa shape index (κ1) is 20.0. The van der Waals surface area contributed by atoms with Gasteiger partial charge in [0.15, 0.2) is 0 Å². The second-order valence-corrected chi connectivity index (χ2v) is 5.46. The van der Waals surface area contributed by atoms with Crippen molar-refractivity contribution in [2.75, 3.05) is 45.9 Å². The molecule has 3 N–H and O–H groups in total. The van der Waals surface area contributed by atoms with E-state index in [0.717, 1.165) is 6.29 Å². The van der Waals surface area contributed by atoms with Gasteiger partial charge in [0.2, 0.25) is 17.7 Å². The lowest BCUT2D eigenvalue weighted by atomic mass is 10.1. The Hall–Kier alpha value is -2.00. The van der Waals surface area contributed by atoms with Gasteiger partial charge in [-0.05, 0) is 6.42 Å². The first-order chi connectivity index (χ1) is 11.5. The molecule has 1 unspecified atom stereocenters. The van der Waals surface area contributed by atoms with E-state index in [4.69, 9.17) is 4.74 Å². The Bertz CT molecular complexity index is 438. The summed E-state index contributed by atoms with van der Waals surface area (Å²) < 4.78 is 5.29. The summed E-state index contributed by atoms with van der Waals surface area (Å²) in [6, 6.07) is -0.427. The standard InChI is InChI=1S/C15H26N4O5/c1-12(21)16-5-3-13(19-6-9-24-10-7-19)15(23)18-11-14(22)17-4-2-8-20/h8,13H,2-7,9-11H2,1H3,(H,16,21)(H,17,22)(H,18,23). The highest BCUT2D eigenvalue weighted by atomic mass is 16.5. The third-order valence-electron chi connectivity index (χ3n) is 3.59. The smallest absolute Gasteiger partial charge is 0.239 e. The predicted octanol–water partition coefficient (Wildman–Crippen LogP) is -1.97. The number of nitrogens with zero attached hydrogens (tertiary/aromatic N) is 1. The fourth-order valence-electron chi connectivity index (χ4n) is 2.37. The number of rotatable bonds is 10. The Kier molecular flexibility index (Phi) is 9.62. The molecule has 3 amide bonds. The van der Waals surface area contributed by atoms with Crippen LogP contribution in [-0.2, 0) is 23.9 Å². The third kappa shape index (κ3) is 8.02. The van der Waals surface area contributed by atoms with Crippen molar-refractivity contribution >= 4 is 24.0 Å². The third-order valence-corrected chi connectivity index (χ3v) is 3.59. The summed E-state index contributed by atoms with van der Waals surface area (Å²) >= 11 is 0. The van der Waals surface area contributed by atoms with E-state index >= 15 is 0 Å². The molecule has 0 bridgehead atoms. The monoisotopic (exact) mass is 342 g/mol. The molecule has 1 saturated heterocycles. The van der Waals surface area contributed by atoms with Gasteiger partial charge < -0.3 is 25.5 Å². The fraction of sp³-hybridized carbons (Fsp3) is 0.733. The van der Waals surface area contributed by atoms with Gasteiger partial charge in [0.05, 0.1) is 25.8 Å². The number of ether oxygens (including phenoxy) is 1. The van der Waals surface area contributed by atoms with E-state index in [-0.39, 0.29) is 37.2 Å². The largest absolute Gasteiger partial charge is 0.379 e. The van der Waals surface area contributed by atoms with Gasteiger partial charge in [0.25, 0.3) is 0 Å². The van der Waals surface area contributed by atoms with E-state index in [1.807, 2.05) is 4.90 Å². The summed E-state index contributed by atoms with van der Waals surface area (Å²) in [4.78, 5) is 47.2. The molecule has 1 aliphatic heterocycles. The van der Waals surface area contributed by atoms with Crippen molar-refractivity contribution in [3.05, 3.63) is 0 Å². The Balaban J connectivity index is 2.47. The van der Waals surface area contributed by atoms with Gasteiger partial charge in [-0.1, -0.05) is 0 Å². The van der Waals surface area contributed by atoms with E-state index in [2.05, 4.69) is 16.0 Å². The molecule has 0 aromatic rings. The number of amides is 3. The van der Waals surface area contributed by atoms with Gasteiger partial charge in [0, 0.05) is 39.5 Å². The lowest BCUT2D eigenvalue weighted by Gasteiger charge is -2.33. The molecule has 0 spiro atoms. The summed E-state index contributed by atoms with van der Waals surface area (Å²) in [5.41, 5.74) is 0. The fourth-order valence-corrected chi connectivity index (χ4v) is 2.37. The minimum atomic E-state index is -0.427. The van der Waals surface area contributed by atoms with E-state index in [0.29, 0.717) is 39.3 Å². The molecule has 0 aliphatic carbocycles. The maximum Gasteiger partial charge on any atom is 0.239 e. The quantitative estimate of drug-likeness (QED) is 0.313. The first-order valence-corrected chi connectivity index (χ1v) is 8.09. The molecular weight excluding hydrogens is 316 g/mol. The van der Waals surface area contributed by atoms with E-state index in [1.165, 1.54) is 6.92 Å². The summed E-state index contributed by atoms with van der Waals surface area (Å²) in [5, 5.41) is 7.83. The molecule has 0 saturated carbocycles. The average molecular weight is 342 g/mol. The van der Waals surface area contributed by atoms with Crippen LogP contribution in [0.5, 0.6) is 0 Å². The molecule has 1 heterocycles. The number of hydrogen-bond acceptors (Lipinski definition) is 6. The van der Waals surface area contributed by atoms with Crippen LogP contribution in [0, 0.1) is 0 Å². The van der Waals surface area contributed by atoms with Gasteiger partial charge >= 0.3 is 0 Å². The molecule has 1 rings (SSSR count). The SMILES string of the molecule is CC(=O)NCCC(C(=O)NCC(=O)NCCC=O)N1CCOCC1. The number of aldehydes is 1. The van der Waals surface area contributed by atoms with Crippen molar-refractivity contribution in [1.82, 2.24) is 20.9 Å². The summed E-state index contributed by atoms with van der Waals surface area (Å²) in [6.45, 7) is 4.29. The molecule has 9 nitrogen and oxygen atoms in total. The Morgan fingerprint density at radius 2 is 1.83 bits per heavy atom. The van der Waals surface area contributed by atoms with Crippen molar-refractivity contribution < 1.29 is 23.9 Å². The van der Waals surface area contributed by atoms with Crippen molar-refractivity contribution in [3.8, 4) is 0 Å². The maximum absolute atomic E-state index is 12.4. The van der Waals surface area contributed by atoms with Gasteiger partial charge in [-0.3, -0.25) is 19.3 Å². The topological polar surface area (TPSA) is 117 Å². The van der Waals surface area contributed by atoms with Gasteiger partial charge in [-0.2, -0.15) is 0 Å². The molecule has 0 aromatic carbocycles. The Labute approximate surface area is 141 Å². The lowest BCUT2D eigenvalue weighted by Crippen LogP contribution is -2.53. The molecule has 136 valence electrons. The molecular formula is C15H26N4O5. The molecule has 9 heteroatoms. The Morgan fingerprint density at radius 3 is 2.46 bits per heavy atom. The van der Waals surface area contributed by atoms with Crippen molar-refractivity contribution in [3.63, 3.8) is 0 Å². The molecule has 1 fully saturated rings. The second kappa shape index (κ2) is 11.5. The van der Waals surface area contributed by atoms with Gasteiger partial charge in [0.1, 0.15) is 6.29 Å². The van der Waals surface area contributed by atoms with Crippen molar-refractivity contribution in [2.45, 2.75) is 25.8 Å². The average Bonchev–Trinajstić information content (AvgIpc) is 2.57. The van der Waals surface area contributed by atoms with Gasteiger partial charge in [-0.15, -0.1) is 0 Å². The van der Waals surface area contributed by atoms with Crippen LogP contribution in [0.3, 0.4) is 0 Å². The summed E-state index contributed by atoms with van der Waals surface area (Å²) in [5.74, 6) is -0.744. The van der Waals surface area contributed by atoms with Crippen LogP contribution < -0.4 is 16.0 Å². The normalized spacial score (nSPS) is 16.0.